The molecule has 0 fully saturated rings. The molecule has 0 radical (unpaired) electrons. The highest BCUT2D eigenvalue weighted by Gasteiger charge is 2.12. The first-order valence-electron chi connectivity index (χ1n) is 8.36. The minimum Gasteiger partial charge on any atom is -0.459 e. The van der Waals surface area contributed by atoms with E-state index in [9.17, 15) is 4.79 Å². The molecule has 2 rings (SSSR count). The Hall–Kier alpha value is -2.49. The quantitative estimate of drug-likeness (QED) is 0.589. The Bertz CT molecular complexity index is 669. The number of ether oxygens (including phenoxy) is 1. The molecule has 0 amide bonds. The second kappa shape index (κ2) is 8.39. The Balaban J connectivity index is 1.93. The van der Waals surface area contributed by atoms with Crippen LogP contribution < -0.4 is 11.1 Å². The molecule has 4 heteroatoms. The molecule has 0 saturated carbocycles. The molecule has 0 saturated heterocycles. The van der Waals surface area contributed by atoms with Crippen LogP contribution in [-0.4, -0.2) is 18.1 Å². The third-order valence-electron chi connectivity index (χ3n) is 3.74. The van der Waals surface area contributed by atoms with Crippen molar-refractivity contribution in [3.05, 3.63) is 59.7 Å². The van der Waals surface area contributed by atoms with Crippen LogP contribution in [-0.2, 0) is 11.2 Å². The van der Waals surface area contributed by atoms with Gasteiger partial charge in [-0.15, -0.1) is 0 Å². The standard InChI is InChI=1S/C20H26N2O2/c1-14(2)24-20(23)17-11-12-19(18(21)13-17)22-15(3)9-10-16-7-5-4-6-8-16/h4-8,11-15,22H,9-10,21H2,1-3H3. The van der Waals surface area contributed by atoms with Crippen molar-refractivity contribution in [2.24, 2.45) is 0 Å². The lowest BCUT2D eigenvalue weighted by molar-refractivity contribution is 0.0378. The van der Waals surface area contributed by atoms with Gasteiger partial charge >= 0.3 is 5.97 Å². The number of benzene rings is 2. The summed E-state index contributed by atoms with van der Waals surface area (Å²) in [5, 5.41) is 3.41. The number of aryl methyl sites for hydroxylation is 1. The van der Waals surface area contributed by atoms with Crippen LogP contribution in [0.2, 0.25) is 0 Å². The van der Waals surface area contributed by atoms with Gasteiger partial charge in [0.15, 0.2) is 0 Å². The van der Waals surface area contributed by atoms with Crippen molar-refractivity contribution >= 4 is 17.3 Å². The molecule has 1 atom stereocenters. The third kappa shape index (κ3) is 5.30. The summed E-state index contributed by atoms with van der Waals surface area (Å²) in [5.41, 5.74) is 9.28. The van der Waals surface area contributed by atoms with Gasteiger partial charge in [0.25, 0.3) is 0 Å². The van der Waals surface area contributed by atoms with E-state index >= 15 is 0 Å². The summed E-state index contributed by atoms with van der Waals surface area (Å²) in [4.78, 5) is 11.9. The van der Waals surface area contributed by atoms with Crippen LogP contribution in [0.5, 0.6) is 0 Å². The number of hydrogen-bond acceptors (Lipinski definition) is 4. The Kier molecular flexibility index (Phi) is 6.24. The van der Waals surface area contributed by atoms with Crippen molar-refractivity contribution in [2.45, 2.75) is 45.8 Å². The summed E-state index contributed by atoms with van der Waals surface area (Å²) in [5.74, 6) is -0.347. The fourth-order valence-electron chi connectivity index (χ4n) is 2.47. The van der Waals surface area contributed by atoms with Crippen LogP contribution in [0.4, 0.5) is 11.4 Å². The summed E-state index contributed by atoms with van der Waals surface area (Å²) in [6.45, 7) is 5.78. The molecular formula is C20H26N2O2. The molecule has 1 unspecified atom stereocenters. The molecule has 0 spiro atoms. The number of nitrogens with one attached hydrogen (secondary N) is 1. The smallest absolute Gasteiger partial charge is 0.338 e. The maximum Gasteiger partial charge on any atom is 0.338 e. The van der Waals surface area contributed by atoms with E-state index in [2.05, 4.69) is 36.5 Å². The zero-order valence-corrected chi connectivity index (χ0v) is 14.6. The molecule has 3 N–H and O–H groups in total. The minimum atomic E-state index is -0.347. The highest BCUT2D eigenvalue weighted by molar-refractivity contribution is 5.92. The zero-order valence-electron chi connectivity index (χ0n) is 14.6. The second-order valence-electron chi connectivity index (χ2n) is 6.33. The van der Waals surface area contributed by atoms with Crippen molar-refractivity contribution in [2.75, 3.05) is 11.1 Å². The first-order valence-corrected chi connectivity index (χ1v) is 8.36. The van der Waals surface area contributed by atoms with Crippen molar-refractivity contribution in [3.63, 3.8) is 0 Å². The summed E-state index contributed by atoms with van der Waals surface area (Å²) in [6, 6.07) is 15.9. The van der Waals surface area contributed by atoms with Gasteiger partial charge in [-0.05, 0) is 57.4 Å². The van der Waals surface area contributed by atoms with Gasteiger partial charge < -0.3 is 15.8 Å². The highest BCUT2D eigenvalue weighted by Crippen LogP contribution is 2.22. The fraction of sp³-hybridized carbons (Fsp3) is 0.350. The summed E-state index contributed by atoms with van der Waals surface area (Å²) in [6.07, 6.45) is 1.86. The molecule has 0 heterocycles. The van der Waals surface area contributed by atoms with Gasteiger partial charge in [0.1, 0.15) is 0 Å². The van der Waals surface area contributed by atoms with Crippen LogP contribution >= 0.6 is 0 Å². The number of nitrogen functional groups attached to an aromatic ring is 1. The first kappa shape index (κ1) is 17.9. The van der Waals surface area contributed by atoms with Crippen LogP contribution in [0, 0.1) is 0 Å². The largest absolute Gasteiger partial charge is 0.459 e. The lowest BCUT2D eigenvalue weighted by atomic mass is 10.1. The van der Waals surface area contributed by atoms with Gasteiger partial charge in [-0.1, -0.05) is 30.3 Å². The van der Waals surface area contributed by atoms with E-state index in [0.717, 1.165) is 18.5 Å². The monoisotopic (exact) mass is 326 g/mol. The van der Waals surface area contributed by atoms with Crippen LogP contribution in [0.3, 0.4) is 0 Å². The van der Waals surface area contributed by atoms with Gasteiger partial charge in [0.2, 0.25) is 0 Å². The molecule has 128 valence electrons. The van der Waals surface area contributed by atoms with Crippen LogP contribution in [0.1, 0.15) is 43.1 Å². The Morgan fingerprint density at radius 3 is 2.46 bits per heavy atom. The molecule has 0 bridgehead atoms. The van der Waals surface area contributed by atoms with E-state index < -0.39 is 0 Å². The third-order valence-corrected chi connectivity index (χ3v) is 3.74. The predicted molar refractivity (Wildman–Crippen MR) is 99.3 cm³/mol. The molecule has 2 aromatic carbocycles. The minimum absolute atomic E-state index is 0.144. The average Bonchev–Trinajstić information content (AvgIpc) is 2.55. The van der Waals surface area contributed by atoms with E-state index in [4.69, 9.17) is 10.5 Å². The van der Waals surface area contributed by atoms with Gasteiger partial charge in [-0.3, -0.25) is 0 Å². The zero-order chi connectivity index (χ0) is 17.5. The summed E-state index contributed by atoms with van der Waals surface area (Å²) in [7, 11) is 0. The average molecular weight is 326 g/mol. The van der Waals surface area contributed by atoms with E-state index in [1.54, 1.807) is 12.1 Å². The lowest BCUT2D eigenvalue weighted by Crippen LogP contribution is -2.17. The Morgan fingerprint density at radius 1 is 1.12 bits per heavy atom. The lowest BCUT2D eigenvalue weighted by Gasteiger charge is -2.17. The number of esters is 1. The van der Waals surface area contributed by atoms with Gasteiger partial charge in [-0.2, -0.15) is 0 Å². The fourth-order valence-corrected chi connectivity index (χ4v) is 2.47. The normalized spacial score (nSPS) is 12.0. The van der Waals surface area contributed by atoms with Gasteiger partial charge in [0, 0.05) is 6.04 Å². The topological polar surface area (TPSA) is 64.3 Å². The summed E-state index contributed by atoms with van der Waals surface area (Å²) >= 11 is 0. The number of hydrogen-bond donors (Lipinski definition) is 2. The number of anilines is 2. The number of carbonyl (C=O) groups excluding carboxylic acids is 1. The Morgan fingerprint density at radius 2 is 1.83 bits per heavy atom. The maximum atomic E-state index is 11.9. The van der Waals surface area contributed by atoms with Gasteiger partial charge in [-0.25, -0.2) is 4.79 Å². The van der Waals surface area contributed by atoms with Crippen molar-refractivity contribution in [3.8, 4) is 0 Å². The molecule has 0 aromatic heterocycles. The molecule has 0 aliphatic rings. The number of rotatable bonds is 7. The van der Waals surface area contributed by atoms with Crippen molar-refractivity contribution in [1.82, 2.24) is 0 Å². The van der Waals surface area contributed by atoms with Crippen molar-refractivity contribution in [1.29, 1.82) is 0 Å². The maximum absolute atomic E-state index is 11.9. The van der Waals surface area contributed by atoms with E-state index in [1.807, 2.05) is 26.0 Å². The number of nitrogens with two attached hydrogens (primary N) is 1. The van der Waals surface area contributed by atoms with Gasteiger partial charge in [0.05, 0.1) is 23.0 Å². The molecule has 24 heavy (non-hydrogen) atoms. The molecule has 4 nitrogen and oxygen atoms in total. The molecule has 0 aliphatic carbocycles. The summed E-state index contributed by atoms with van der Waals surface area (Å²) < 4.78 is 5.18. The second-order valence-corrected chi connectivity index (χ2v) is 6.33. The van der Waals surface area contributed by atoms with Crippen molar-refractivity contribution < 1.29 is 9.53 Å². The van der Waals surface area contributed by atoms with E-state index in [-0.39, 0.29) is 18.1 Å². The van der Waals surface area contributed by atoms with Crippen LogP contribution in [0.15, 0.2) is 48.5 Å². The van der Waals surface area contributed by atoms with Crippen LogP contribution in [0.25, 0.3) is 0 Å². The molecule has 0 aliphatic heterocycles. The predicted octanol–water partition coefficient (Wildman–Crippen LogP) is 4.27. The molecule has 2 aromatic rings. The Labute approximate surface area is 144 Å². The highest BCUT2D eigenvalue weighted by atomic mass is 16.5. The van der Waals surface area contributed by atoms with E-state index in [1.165, 1.54) is 5.56 Å². The van der Waals surface area contributed by atoms with E-state index in [0.29, 0.717) is 11.3 Å². The first-order chi connectivity index (χ1) is 11.5. The molecular weight excluding hydrogens is 300 g/mol. The SMILES string of the molecule is CC(CCc1ccccc1)Nc1ccc(C(=O)OC(C)C)cc1N. The number of carbonyl (C=O) groups is 1.